The van der Waals surface area contributed by atoms with Gasteiger partial charge in [-0.3, -0.25) is 4.79 Å². The first-order valence-electron chi connectivity index (χ1n) is 6.94. The Morgan fingerprint density at radius 3 is 1.67 bits per heavy atom. The van der Waals surface area contributed by atoms with Gasteiger partial charge in [0, 0.05) is 5.41 Å². The topological polar surface area (TPSA) is 37.3 Å². The monoisotopic (exact) mass is 260 g/mol. The third-order valence-corrected chi connectivity index (χ3v) is 3.26. The molecular formula is C15H34NO2+. The fraction of sp³-hybridized carbons (Fsp3) is 0.933. The van der Waals surface area contributed by atoms with E-state index in [9.17, 15) is 4.79 Å². The van der Waals surface area contributed by atoms with Crippen molar-refractivity contribution >= 4 is 5.97 Å². The lowest BCUT2D eigenvalue weighted by atomic mass is 9.90. The Morgan fingerprint density at radius 2 is 1.44 bits per heavy atom. The summed E-state index contributed by atoms with van der Waals surface area (Å²) >= 11 is 0. The summed E-state index contributed by atoms with van der Waals surface area (Å²) in [4.78, 5) is 10.7. The minimum atomic E-state index is -0.706. The van der Waals surface area contributed by atoms with Gasteiger partial charge in [-0.05, 0) is 20.8 Å². The normalized spacial score (nSPS) is 15.4. The Bertz CT molecular complexity index is 248. The van der Waals surface area contributed by atoms with Crippen LogP contribution >= 0.6 is 0 Å². The molecule has 3 heteroatoms. The SMILES string of the molecule is CC.CC(C)(C)C[N+](C)(CCC(=O)O)C(C)(C)C. The third kappa shape index (κ3) is 7.70. The lowest BCUT2D eigenvalue weighted by Crippen LogP contribution is -2.61. The van der Waals surface area contributed by atoms with Gasteiger partial charge in [0.1, 0.15) is 0 Å². The van der Waals surface area contributed by atoms with E-state index in [0.29, 0.717) is 6.54 Å². The Balaban J connectivity index is 0. The molecule has 110 valence electrons. The number of carboxylic acids is 1. The molecule has 0 aromatic rings. The molecule has 1 atom stereocenters. The Hall–Kier alpha value is -0.570. The molecule has 0 aromatic heterocycles. The Morgan fingerprint density at radius 1 is 1.06 bits per heavy atom. The molecule has 0 heterocycles. The van der Waals surface area contributed by atoms with Gasteiger partial charge in [0.25, 0.3) is 0 Å². The zero-order chi connectivity index (χ0) is 15.2. The van der Waals surface area contributed by atoms with Gasteiger partial charge in [-0.15, -0.1) is 0 Å². The van der Waals surface area contributed by atoms with Gasteiger partial charge in [0.15, 0.2) is 0 Å². The summed E-state index contributed by atoms with van der Waals surface area (Å²) in [6, 6.07) is 0. The second kappa shape index (κ2) is 7.13. The lowest BCUT2D eigenvalue weighted by Gasteiger charge is -2.48. The highest BCUT2D eigenvalue weighted by Crippen LogP contribution is 2.29. The number of carboxylic acid groups (broad SMARTS) is 1. The van der Waals surface area contributed by atoms with Crippen molar-refractivity contribution in [2.24, 2.45) is 5.41 Å². The summed E-state index contributed by atoms with van der Waals surface area (Å²) < 4.78 is 0.794. The fourth-order valence-corrected chi connectivity index (χ4v) is 2.04. The number of quaternary nitrogens is 1. The summed E-state index contributed by atoms with van der Waals surface area (Å²) in [6.07, 6.45) is 0.240. The maximum atomic E-state index is 10.7. The van der Waals surface area contributed by atoms with Crippen molar-refractivity contribution < 1.29 is 14.4 Å². The average molecular weight is 260 g/mol. The molecule has 0 saturated heterocycles. The van der Waals surface area contributed by atoms with Crippen LogP contribution in [0.25, 0.3) is 0 Å². The van der Waals surface area contributed by atoms with Crippen LogP contribution in [0, 0.1) is 5.41 Å². The van der Waals surface area contributed by atoms with Crippen LogP contribution in [0.5, 0.6) is 0 Å². The van der Waals surface area contributed by atoms with Crippen molar-refractivity contribution in [1.82, 2.24) is 0 Å². The molecule has 0 fully saturated rings. The lowest BCUT2D eigenvalue weighted by molar-refractivity contribution is -0.958. The molecular weight excluding hydrogens is 226 g/mol. The van der Waals surface area contributed by atoms with Crippen molar-refractivity contribution in [2.75, 3.05) is 20.1 Å². The molecule has 0 saturated carbocycles. The van der Waals surface area contributed by atoms with Crippen molar-refractivity contribution in [3.63, 3.8) is 0 Å². The first-order chi connectivity index (χ1) is 7.87. The zero-order valence-electron chi connectivity index (χ0n) is 13.9. The van der Waals surface area contributed by atoms with E-state index in [-0.39, 0.29) is 17.4 Å². The second-order valence-electron chi connectivity index (χ2n) is 7.15. The molecule has 0 rings (SSSR count). The van der Waals surface area contributed by atoms with Crippen LogP contribution in [0.4, 0.5) is 0 Å². The van der Waals surface area contributed by atoms with Gasteiger partial charge in [-0.1, -0.05) is 34.6 Å². The number of aliphatic carboxylic acids is 1. The summed E-state index contributed by atoms with van der Waals surface area (Å²) in [7, 11) is 2.16. The first-order valence-corrected chi connectivity index (χ1v) is 6.94. The number of hydrogen-bond donors (Lipinski definition) is 1. The fourth-order valence-electron chi connectivity index (χ4n) is 2.04. The summed E-state index contributed by atoms with van der Waals surface area (Å²) in [5.74, 6) is -0.706. The molecule has 0 aliphatic heterocycles. The molecule has 0 bridgehead atoms. The van der Waals surface area contributed by atoms with Gasteiger partial charge in [0.2, 0.25) is 0 Å². The van der Waals surface area contributed by atoms with Crippen LogP contribution in [0.2, 0.25) is 0 Å². The largest absolute Gasteiger partial charge is 0.481 e. The van der Waals surface area contributed by atoms with Crippen LogP contribution in [0.15, 0.2) is 0 Å². The summed E-state index contributed by atoms with van der Waals surface area (Å²) in [6.45, 7) is 18.8. The quantitative estimate of drug-likeness (QED) is 0.781. The molecule has 0 spiro atoms. The van der Waals surface area contributed by atoms with Gasteiger partial charge in [-0.25, -0.2) is 0 Å². The van der Waals surface area contributed by atoms with Gasteiger partial charge in [0.05, 0.1) is 32.1 Å². The van der Waals surface area contributed by atoms with Crippen molar-refractivity contribution in [3.8, 4) is 0 Å². The maximum Gasteiger partial charge on any atom is 0.309 e. The summed E-state index contributed by atoms with van der Waals surface area (Å²) in [5, 5.41) is 8.83. The van der Waals surface area contributed by atoms with E-state index in [4.69, 9.17) is 5.11 Å². The predicted molar refractivity (Wildman–Crippen MR) is 78.7 cm³/mol. The number of carbonyl (C=O) groups is 1. The average Bonchev–Trinajstić information content (AvgIpc) is 2.13. The van der Waals surface area contributed by atoms with Crippen LogP contribution in [0.1, 0.15) is 61.8 Å². The van der Waals surface area contributed by atoms with Crippen LogP contribution in [0.3, 0.4) is 0 Å². The summed E-state index contributed by atoms with van der Waals surface area (Å²) in [5.41, 5.74) is 0.281. The van der Waals surface area contributed by atoms with E-state index < -0.39 is 5.97 Å². The highest BCUT2D eigenvalue weighted by atomic mass is 16.4. The molecule has 0 aliphatic rings. The molecule has 1 N–H and O–H groups in total. The standard InChI is InChI=1S/C13H27NO2.C2H6/c1-12(2,3)10-14(7,13(4,5)6)9-8-11(15)16;1-2/h8-10H2,1-7H3;1-2H3/p+1. The molecule has 3 nitrogen and oxygen atoms in total. The highest BCUT2D eigenvalue weighted by Gasteiger charge is 2.39. The predicted octanol–water partition coefficient (Wildman–Crippen LogP) is 3.78. The van der Waals surface area contributed by atoms with Crippen molar-refractivity contribution in [2.45, 2.75) is 67.3 Å². The number of hydrogen-bond acceptors (Lipinski definition) is 1. The molecule has 0 amide bonds. The van der Waals surface area contributed by atoms with E-state index in [2.05, 4.69) is 48.6 Å². The second-order valence-corrected chi connectivity index (χ2v) is 7.15. The van der Waals surface area contributed by atoms with Crippen LogP contribution < -0.4 is 0 Å². The molecule has 0 aromatic carbocycles. The van der Waals surface area contributed by atoms with E-state index >= 15 is 0 Å². The number of nitrogens with zero attached hydrogens (tertiary/aromatic N) is 1. The van der Waals surface area contributed by atoms with E-state index in [0.717, 1.165) is 11.0 Å². The van der Waals surface area contributed by atoms with Crippen molar-refractivity contribution in [1.29, 1.82) is 0 Å². The maximum absolute atomic E-state index is 10.7. The Labute approximate surface area is 114 Å². The van der Waals surface area contributed by atoms with Crippen LogP contribution in [-0.4, -0.2) is 41.2 Å². The van der Waals surface area contributed by atoms with E-state index in [1.807, 2.05) is 13.8 Å². The zero-order valence-corrected chi connectivity index (χ0v) is 13.9. The Kier molecular flexibility index (Phi) is 7.82. The minimum absolute atomic E-state index is 0.0722. The van der Waals surface area contributed by atoms with Gasteiger partial charge >= 0.3 is 5.97 Å². The van der Waals surface area contributed by atoms with Crippen molar-refractivity contribution in [3.05, 3.63) is 0 Å². The smallest absolute Gasteiger partial charge is 0.309 e. The molecule has 18 heavy (non-hydrogen) atoms. The third-order valence-electron chi connectivity index (χ3n) is 3.26. The molecule has 1 unspecified atom stereocenters. The van der Waals surface area contributed by atoms with E-state index in [1.54, 1.807) is 0 Å². The molecule has 0 radical (unpaired) electrons. The number of rotatable bonds is 4. The van der Waals surface area contributed by atoms with Gasteiger partial charge < -0.3 is 9.59 Å². The first kappa shape index (κ1) is 19.8. The highest BCUT2D eigenvalue weighted by molar-refractivity contribution is 5.66. The van der Waals surface area contributed by atoms with Gasteiger partial charge in [-0.2, -0.15) is 0 Å². The minimum Gasteiger partial charge on any atom is -0.481 e. The molecule has 0 aliphatic carbocycles. The van der Waals surface area contributed by atoms with Crippen LogP contribution in [-0.2, 0) is 4.79 Å². The van der Waals surface area contributed by atoms with E-state index in [1.165, 1.54) is 0 Å².